The Morgan fingerprint density at radius 3 is 2.64 bits per heavy atom. The maximum atomic E-state index is 10.3. The molecule has 0 aliphatic rings. The van der Waals surface area contributed by atoms with Gasteiger partial charge in [-0.1, -0.05) is 23.4 Å². The quantitative estimate of drug-likeness (QED) is 0.324. The summed E-state index contributed by atoms with van der Waals surface area (Å²) in [6.07, 6.45) is 1.43. The molecule has 0 fully saturated rings. The third kappa shape index (κ3) is 3.06. The van der Waals surface area contributed by atoms with Crippen LogP contribution in [0.3, 0.4) is 0 Å². The number of hydrogen-bond donors (Lipinski definition) is 2. The van der Waals surface area contributed by atoms with E-state index in [0.717, 1.165) is 11.9 Å². The number of anilines is 1. The molecule has 0 saturated heterocycles. The molecule has 1 aromatic rings. The number of para-hydroxylation sites is 1. The van der Waals surface area contributed by atoms with Crippen molar-refractivity contribution >= 4 is 23.9 Å². The lowest BCUT2D eigenvalue weighted by Crippen LogP contribution is -2.05. The molecule has 2 N–H and O–H groups in total. The zero-order valence-corrected chi connectivity index (χ0v) is 7.29. The number of carbonyl (C=O) groups excluding carboxylic acids is 1. The van der Waals surface area contributed by atoms with Gasteiger partial charge in [-0.15, -0.1) is 0 Å². The lowest BCUT2D eigenvalue weighted by atomic mass is 10.3. The molecule has 0 spiro atoms. The fraction of sp³-hybridized carbons (Fsp3) is 0. The molecule has 0 saturated carbocycles. The zero-order valence-electron chi connectivity index (χ0n) is 7.29. The molecule has 5 nitrogen and oxygen atoms in total. The van der Waals surface area contributed by atoms with Gasteiger partial charge in [0, 0.05) is 0 Å². The molecule has 0 bridgehead atoms. The van der Waals surface area contributed by atoms with Gasteiger partial charge in [-0.3, -0.25) is 10.2 Å². The molecule has 0 amide bonds. The van der Waals surface area contributed by atoms with Gasteiger partial charge in [0.2, 0.25) is 0 Å². The second kappa shape index (κ2) is 5.47. The minimum atomic E-state index is 0.0105. The number of rotatable bonds is 4. The van der Waals surface area contributed by atoms with Gasteiger partial charge in [-0.05, 0) is 12.1 Å². The number of hydrogen-bond acceptors (Lipinski definition) is 5. The van der Waals surface area contributed by atoms with Crippen LogP contribution in [0.2, 0.25) is 0 Å². The second-order valence-corrected chi connectivity index (χ2v) is 2.38. The van der Waals surface area contributed by atoms with Crippen LogP contribution in [-0.4, -0.2) is 23.4 Å². The fourth-order valence-corrected chi connectivity index (χ4v) is 0.787. The van der Waals surface area contributed by atoms with Crippen LogP contribution in [0.1, 0.15) is 0 Å². The van der Waals surface area contributed by atoms with Crippen LogP contribution in [0.4, 0.5) is 5.69 Å². The topological polar surface area (TPSA) is 74.0 Å². The van der Waals surface area contributed by atoms with Crippen LogP contribution in [0.5, 0.6) is 0 Å². The van der Waals surface area contributed by atoms with Crippen LogP contribution >= 0.6 is 0 Å². The molecule has 0 aliphatic heterocycles. The van der Waals surface area contributed by atoms with Crippen molar-refractivity contribution in [2.45, 2.75) is 0 Å². The van der Waals surface area contributed by atoms with E-state index < -0.39 is 0 Å². The third-order valence-corrected chi connectivity index (χ3v) is 1.40. The van der Waals surface area contributed by atoms with Crippen LogP contribution in [0.15, 0.2) is 40.6 Å². The highest BCUT2D eigenvalue weighted by atomic mass is 16.4. The normalized spacial score (nSPS) is 11.6. The Bertz CT molecular complexity index is 346. The molecule has 0 atom stereocenters. The lowest BCUT2D eigenvalue weighted by Gasteiger charge is -1.98. The summed E-state index contributed by atoms with van der Waals surface area (Å²) >= 11 is 0. The summed E-state index contributed by atoms with van der Waals surface area (Å²) in [4.78, 5) is 10.3. The van der Waals surface area contributed by atoms with Crippen LogP contribution in [0, 0.1) is 0 Å². The summed E-state index contributed by atoms with van der Waals surface area (Å²) in [6.45, 7) is 0. The zero-order chi connectivity index (χ0) is 10.2. The standard InChI is InChI=1S/C9H9N3O2/c13-7-9(6-10-14)12-11-8-4-2-1-3-5-8/h1-7,11,14H/b10-6+,12-9-. The third-order valence-electron chi connectivity index (χ3n) is 1.40. The van der Waals surface area contributed by atoms with Gasteiger partial charge in [0.05, 0.1) is 11.9 Å². The largest absolute Gasteiger partial charge is 0.411 e. The molecule has 0 aliphatic carbocycles. The van der Waals surface area contributed by atoms with Crippen molar-refractivity contribution in [1.29, 1.82) is 0 Å². The minimum Gasteiger partial charge on any atom is -0.411 e. The maximum absolute atomic E-state index is 10.3. The van der Waals surface area contributed by atoms with Crippen LogP contribution in [-0.2, 0) is 4.79 Å². The SMILES string of the molecule is O=CC(/C=N/O)=N\Nc1ccccc1. The molecule has 0 aromatic heterocycles. The predicted octanol–water partition coefficient (Wildman–Crippen LogP) is 1.11. The Hall–Kier alpha value is -2.17. The van der Waals surface area contributed by atoms with E-state index in [9.17, 15) is 4.79 Å². The van der Waals surface area contributed by atoms with Crippen molar-refractivity contribution in [3.63, 3.8) is 0 Å². The van der Waals surface area contributed by atoms with E-state index in [4.69, 9.17) is 5.21 Å². The van der Waals surface area contributed by atoms with Crippen molar-refractivity contribution in [1.82, 2.24) is 0 Å². The van der Waals surface area contributed by atoms with Gasteiger partial charge >= 0.3 is 0 Å². The van der Waals surface area contributed by atoms with Crippen molar-refractivity contribution in [3.05, 3.63) is 30.3 Å². The second-order valence-electron chi connectivity index (χ2n) is 2.38. The van der Waals surface area contributed by atoms with E-state index in [2.05, 4.69) is 15.7 Å². The van der Waals surface area contributed by atoms with Gasteiger partial charge in [0.15, 0.2) is 6.29 Å². The van der Waals surface area contributed by atoms with Crippen molar-refractivity contribution < 1.29 is 10.0 Å². The molecule has 0 heterocycles. The minimum absolute atomic E-state index is 0.0105. The van der Waals surface area contributed by atoms with E-state index in [1.165, 1.54) is 0 Å². The van der Waals surface area contributed by atoms with E-state index in [1.807, 2.05) is 18.2 Å². The number of nitrogens with one attached hydrogen (secondary N) is 1. The fourth-order valence-electron chi connectivity index (χ4n) is 0.787. The van der Waals surface area contributed by atoms with E-state index >= 15 is 0 Å². The average molecular weight is 191 g/mol. The number of oxime groups is 1. The Labute approximate surface area is 80.7 Å². The summed E-state index contributed by atoms with van der Waals surface area (Å²) < 4.78 is 0. The number of aldehydes is 1. The highest BCUT2D eigenvalue weighted by molar-refractivity contribution is 6.54. The van der Waals surface area contributed by atoms with E-state index in [0.29, 0.717) is 6.29 Å². The Balaban J connectivity index is 2.66. The number of carbonyl (C=O) groups is 1. The summed E-state index contributed by atoms with van der Waals surface area (Å²) in [5.41, 5.74) is 3.39. The summed E-state index contributed by atoms with van der Waals surface area (Å²) in [7, 11) is 0. The van der Waals surface area contributed by atoms with Crippen molar-refractivity contribution in [2.24, 2.45) is 10.3 Å². The Morgan fingerprint density at radius 1 is 1.36 bits per heavy atom. The first-order chi connectivity index (χ1) is 6.86. The van der Waals surface area contributed by atoms with E-state index in [1.54, 1.807) is 12.1 Å². The van der Waals surface area contributed by atoms with E-state index in [-0.39, 0.29) is 5.71 Å². The lowest BCUT2D eigenvalue weighted by molar-refractivity contribution is -0.102. The molecular formula is C9H9N3O2. The highest BCUT2D eigenvalue weighted by Gasteiger charge is 1.91. The molecule has 5 heteroatoms. The predicted molar refractivity (Wildman–Crippen MR) is 53.8 cm³/mol. The van der Waals surface area contributed by atoms with Crippen LogP contribution < -0.4 is 5.43 Å². The van der Waals surface area contributed by atoms with Gasteiger partial charge in [-0.2, -0.15) is 5.10 Å². The monoisotopic (exact) mass is 191 g/mol. The molecular weight excluding hydrogens is 182 g/mol. The Morgan fingerprint density at radius 2 is 2.07 bits per heavy atom. The number of nitrogens with zero attached hydrogens (tertiary/aromatic N) is 2. The van der Waals surface area contributed by atoms with Crippen LogP contribution in [0.25, 0.3) is 0 Å². The molecule has 1 aromatic carbocycles. The molecule has 72 valence electrons. The molecule has 0 unspecified atom stereocenters. The summed E-state index contributed by atoms with van der Waals surface area (Å²) in [6, 6.07) is 9.12. The number of hydrazone groups is 1. The summed E-state index contributed by atoms with van der Waals surface area (Å²) in [5, 5.41) is 14.6. The van der Waals surface area contributed by atoms with Crippen molar-refractivity contribution in [2.75, 3.05) is 5.43 Å². The number of benzene rings is 1. The smallest absolute Gasteiger partial charge is 0.171 e. The first kappa shape index (κ1) is 9.91. The Kier molecular flexibility index (Phi) is 3.87. The first-order valence-electron chi connectivity index (χ1n) is 3.88. The van der Waals surface area contributed by atoms with Gasteiger partial charge < -0.3 is 5.21 Å². The first-order valence-corrected chi connectivity index (χ1v) is 3.88. The van der Waals surface area contributed by atoms with Crippen molar-refractivity contribution in [3.8, 4) is 0 Å². The maximum Gasteiger partial charge on any atom is 0.171 e. The molecule has 1 rings (SSSR count). The average Bonchev–Trinajstić information content (AvgIpc) is 2.25. The van der Waals surface area contributed by atoms with Gasteiger partial charge in [0.1, 0.15) is 5.71 Å². The highest BCUT2D eigenvalue weighted by Crippen LogP contribution is 2.03. The molecule has 0 radical (unpaired) electrons. The van der Waals surface area contributed by atoms with Gasteiger partial charge in [0.25, 0.3) is 0 Å². The summed E-state index contributed by atoms with van der Waals surface area (Å²) in [5.74, 6) is 0. The van der Waals surface area contributed by atoms with Gasteiger partial charge in [-0.25, -0.2) is 0 Å². The molecule has 14 heavy (non-hydrogen) atoms.